The van der Waals surface area contributed by atoms with Gasteiger partial charge in [0, 0.05) is 12.1 Å². The first kappa shape index (κ1) is 14.1. The molecule has 1 aromatic carbocycles. The van der Waals surface area contributed by atoms with Crippen LogP contribution in [-0.2, 0) is 6.42 Å². The number of benzene rings is 1. The quantitative estimate of drug-likeness (QED) is 0.773. The second-order valence-electron chi connectivity index (χ2n) is 7.05. The van der Waals surface area contributed by atoms with Crippen LogP contribution in [0.2, 0.25) is 0 Å². The lowest BCUT2D eigenvalue weighted by molar-refractivity contribution is 0.339. The van der Waals surface area contributed by atoms with Crippen LogP contribution in [0.15, 0.2) is 24.3 Å². The van der Waals surface area contributed by atoms with E-state index in [1.807, 2.05) is 0 Å². The maximum Gasteiger partial charge on any atom is 0.0287 e. The van der Waals surface area contributed by atoms with Crippen molar-refractivity contribution in [3.63, 3.8) is 0 Å². The number of aryl methyl sites for hydroxylation is 1. The average molecular weight is 271 g/mol. The third-order valence-electron chi connectivity index (χ3n) is 5.50. The fourth-order valence-electron chi connectivity index (χ4n) is 3.87. The van der Waals surface area contributed by atoms with Crippen molar-refractivity contribution in [1.82, 2.24) is 5.32 Å². The number of nitrogens with one attached hydrogen (secondary N) is 1. The normalized spacial score (nSPS) is 28.3. The third kappa shape index (κ3) is 3.44. The van der Waals surface area contributed by atoms with Crippen molar-refractivity contribution in [3.05, 3.63) is 35.4 Å². The molecule has 0 bridgehead atoms. The van der Waals surface area contributed by atoms with Crippen molar-refractivity contribution >= 4 is 0 Å². The summed E-state index contributed by atoms with van der Waals surface area (Å²) in [6.45, 7) is 4.62. The Morgan fingerprint density at radius 2 is 1.75 bits per heavy atom. The van der Waals surface area contributed by atoms with Gasteiger partial charge in [-0.15, -0.1) is 0 Å². The molecule has 1 N–H and O–H groups in total. The molecule has 3 unspecified atom stereocenters. The molecule has 1 heteroatoms. The Labute approximate surface area is 124 Å². The van der Waals surface area contributed by atoms with Crippen molar-refractivity contribution in [2.24, 2.45) is 5.92 Å². The number of hydrogen-bond acceptors (Lipinski definition) is 1. The highest BCUT2D eigenvalue weighted by molar-refractivity contribution is 5.28. The fourth-order valence-corrected chi connectivity index (χ4v) is 3.87. The van der Waals surface area contributed by atoms with Crippen LogP contribution in [0.4, 0.5) is 0 Å². The molecule has 3 atom stereocenters. The van der Waals surface area contributed by atoms with Gasteiger partial charge in [-0.25, -0.2) is 0 Å². The fraction of sp³-hybridized carbons (Fsp3) is 0.684. The smallest absolute Gasteiger partial charge is 0.0287 e. The summed E-state index contributed by atoms with van der Waals surface area (Å²) in [7, 11) is 0. The van der Waals surface area contributed by atoms with Crippen molar-refractivity contribution in [1.29, 1.82) is 0 Å². The maximum atomic E-state index is 3.51. The SMILES string of the molecule is CC1NC1C(C)c1ccc(CCC2CCCCC2)cc1. The van der Waals surface area contributed by atoms with E-state index in [-0.39, 0.29) is 0 Å². The van der Waals surface area contributed by atoms with Crippen molar-refractivity contribution in [2.45, 2.75) is 76.8 Å². The standard InChI is InChI=1S/C19H29N/c1-14(19-15(2)20-19)18-12-10-17(11-13-18)9-8-16-6-4-3-5-7-16/h10-16,19-20H,3-9H2,1-2H3. The monoisotopic (exact) mass is 271 g/mol. The lowest BCUT2D eigenvalue weighted by Crippen LogP contribution is -2.08. The maximum absolute atomic E-state index is 3.51. The molecule has 0 amide bonds. The van der Waals surface area contributed by atoms with Gasteiger partial charge in [-0.05, 0) is 42.7 Å². The van der Waals surface area contributed by atoms with Crippen molar-refractivity contribution in [2.75, 3.05) is 0 Å². The molecule has 1 aromatic rings. The van der Waals surface area contributed by atoms with E-state index in [1.54, 1.807) is 0 Å². The van der Waals surface area contributed by atoms with Crippen LogP contribution in [0.1, 0.15) is 69.4 Å². The Balaban J connectivity index is 1.50. The molecule has 110 valence electrons. The van der Waals surface area contributed by atoms with Crippen LogP contribution in [-0.4, -0.2) is 12.1 Å². The second-order valence-corrected chi connectivity index (χ2v) is 7.05. The molecule has 1 heterocycles. The molecule has 2 fully saturated rings. The van der Waals surface area contributed by atoms with Gasteiger partial charge in [0.2, 0.25) is 0 Å². The number of hydrogen-bond donors (Lipinski definition) is 1. The van der Waals surface area contributed by atoms with E-state index >= 15 is 0 Å². The summed E-state index contributed by atoms with van der Waals surface area (Å²) in [6.07, 6.45) is 10.0. The highest BCUT2D eigenvalue weighted by Gasteiger charge is 2.36. The zero-order chi connectivity index (χ0) is 13.9. The van der Waals surface area contributed by atoms with E-state index in [9.17, 15) is 0 Å². The molecule has 0 radical (unpaired) electrons. The van der Waals surface area contributed by atoms with E-state index < -0.39 is 0 Å². The average Bonchev–Trinajstić information content (AvgIpc) is 3.23. The van der Waals surface area contributed by atoms with E-state index in [4.69, 9.17) is 0 Å². The third-order valence-corrected chi connectivity index (χ3v) is 5.50. The predicted molar refractivity (Wildman–Crippen MR) is 86.1 cm³/mol. The summed E-state index contributed by atoms with van der Waals surface area (Å²) >= 11 is 0. The Kier molecular flexibility index (Phi) is 4.45. The lowest BCUT2D eigenvalue weighted by atomic mass is 9.85. The first-order chi connectivity index (χ1) is 9.74. The minimum Gasteiger partial charge on any atom is -0.308 e. The van der Waals surface area contributed by atoms with Gasteiger partial charge in [-0.2, -0.15) is 0 Å². The van der Waals surface area contributed by atoms with Crippen molar-refractivity contribution < 1.29 is 0 Å². The molecule has 1 saturated heterocycles. The summed E-state index contributed by atoms with van der Waals surface area (Å²) in [5.74, 6) is 1.65. The van der Waals surface area contributed by atoms with E-state index in [0.717, 1.165) is 5.92 Å². The molecule has 1 nitrogen and oxygen atoms in total. The van der Waals surface area contributed by atoms with Gasteiger partial charge in [-0.1, -0.05) is 63.3 Å². The summed E-state index contributed by atoms with van der Waals surface area (Å²) in [4.78, 5) is 0. The van der Waals surface area contributed by atoms with Gasteiger partial charge in [0.25, 0.3) is 0 Å². The summed E-state index contributed by atoms with van der Waals surface area (Å²) < 4.78 is 0. The molecule has 1 aliphatic carbocycles. The molecule has 0 spiro atoms. The van der Waals surface area contributed by atoms with Gasteiger partial charge in [-0.3, -0.25) is 0 Å². The molecular weight excluding hydrogens is 242 g/mol. The van der Waals surface area contributed by atoms with Gasteiger partial charge in [0.15, 0.2) is 0 Å². The van der Waals surface area contributed by atoms with Crippen LogP contribution in [0, 0.1) is 5.92 Å². The zero-order valence-corrected chi connectivity index (χ0v) is 13.1. The highest BCUT2D eigenvalue weighted by Crippen LogP contribution is 2.30. The Bertz CT molecular complexity index is 416. The number of rotatable bonds is 5. The second kappa shape index (κ2) is 6.30. The van der Waals surface area contributed by atoms with Crippen LogP contribution >= 0.6 is 0 Å². The van der Waals surface area contributed by atoms with E-state index in [0.29, 0.717) is 18.0 Å². The first-order valence-corrected chi connectivity index (χ1v) is 8.59. The molecule has 20 heavy (non-hydrogen) atoms. The molecule has 1 saturated carbocycles. The summed E-state index contributed by atoms with van der Waals surface area (Å²) in [6, 6.07) is 10.8. The van der Waals surface area contributed by atoms with E-state index in [1.165, 1.54) is 56.1 Å². The highest BCUT2D eigenvalue weighted by atomic mass is 15.1. The Morgan fingerprint density at radius 3 is 2.35 bits per heavy atom. The first-order valence-electron chi connectivity index (χ1n) is 8.59. The largest absolute Gasteiger partial charge is 0.308 e. The lowest BCUT2D eigenvalue weighted by Gasteiger charge is -2.21. The topological polar surface area (TPSA) is 21.9 Å². The van der Waals surface area contributed by atoms with Crippen LogP contribution < -0.4 is 5.32 Å². The molecule has 0 aromatic heterocycles. The minimum atomic E-state index is 0.650. The van der Waals surface area contributed by atoms with Gasteiger partial charge in [0.05, 0.1) is 0 Å². The van der Waals surface area contributed by atoms with Crippen molar-refractivity contribution in [3.8, 4) is 0 Å². The van der Waals surface area contributed by atoms with Gasteiger partial charge >= 0.3 is 0 Å². The Morgan fingerprint density at radius 1 is 1.10 bits per heavy atom. The van der Waals surface area contributed by atoms with Crippen LogP contribution in [0.25, 0.3) is 0 Å². The predicted octanol–water partition coefficient (Wildman–Crippen LogP) is 4.66. The molecule has 1 aliphatic heterocycles. The zero-order valence-electron chi connectivity index (χ0n) is 13.1. The van der Waals surface area contributed by atoms with E-state index in [2.05, 4.69) is 43.4 Å². The molecular formula is C19H29N. The van der Waals surface area contributed by atoms with Gasteiger partial charge in [0.1, 0.15) is 0 Å². The molecule has 3 rings (SSSR count). The van der Waals surface area contributed by atoms with Crippen LogP contribution in [0.3, 0.4) is 0 Å². The molecule has 2 aliphatic rings. The summed E-state index contributed by atoms with van der Waals surface area (Å²) in [5, 5.41) is 3.51. The van der Waals surface area contributed by atoms with Gasteiger partial charge < -0.3 is 5.32 Å². The minimum absolute atomic E-state index is 0.650. The summed E-state index contributed by atoms with van der Waals surface area (Å²) in [5.41, 5.74) is 3.02. The Hall–Kier alpha value is -0.820. The van der Waals surface area contributed by atoms with Crippen LogP contribution in [0.5, 0.6) is 0 Å².